The molecule has 0 aromatic rings. The Bertz CT molecular complexity index is 62.4. The number of hydrogen-bond acceptors (Lipinski definition) is 0. The van der Waals surface area contributed by atoms with Gasteiger partial charge in [0.05, 0.1) is 0 Å². The number of allylic oxidation sites excluding steroid dienone is 2. The van der Waals surface area contributed by atoms with Crippen LogP contribution in [0.25, 0.3) is 0 Å². The van der Waals surface area contributed by atoms with Crippen molar-refractivity contribution in [3.05, 3.63) is 12.2 Å². The summed E-state index contributed by atoms with van der Waals surface area (Å²) in [6.07, 6.45) is 7.17. The Morgan fingerprint density at radius 1 is 1.83 bits per heavy atom. The Morgan fingerprint density at radius 2 is 2.50 bits per heavy atom. The lowest BCUT2D eigenvalue weighted by molar-refractivity contribution is 0.590. The quantitative estimate of drug-likeness (QED) is 0.424. The summed E-state index contributed by atoms with van der Waals surface area (Å²) in [5.74, 6) is 0.935. The zero-order valence-electron chi connectivity index (χ0n) is 4.15. The van der Waals surface area contributed by atoms with Gasteiger partial charge in [0, 0.05) is 0 Å². The summed E-state index contributed by atoms with van der Waals surface area (Å²) in [6.45, 7) is 2.23. The van der Waals surface area contributed by atoms with Gasteiger partial charge in [0.2, 0.25) is 0 Å². The molecular weight excluding hydrogens is 72.1 g/mol. The fourth-order valence-electron chi connectivity index (χ4n) is 0.631. The van der Waals surface area contributed by atoms with Crippen LogP contribution >= 0.6 is 0 Å². The van der Waals surface area contributed by atoms with Crippen molar-refractivity contribution >= 4 is 0 Å². The molecule has 0 unspecified atom stereocenters. The van der Waals surface area contributed by atoms with E-state index in [1.165, 1.54) is 12.8 Å². The molecule has 1 aliphatic carbocycles. The Hall–Kier alpha value is -0.260. The second-order valence-electron chi connectivity index (χ2n) is 1.83. The third kappa shape index (κ3) is 0.469. The molecule has 0 saturated heterocycles. The highest BCUT2D eigenvalue weighted by Gasteiger charge is 2.04. The van der Waals surface area contributed by atoms with Gasteiger partial charge in [0.1, 0.15) is 0 Å². The maximum absolute atomic E-state index is 2.28. The molecule has 1 atom stereocenters. The van der Waals surface area contributed by atoms with Crippen LogP contribution in [-0.4, -0.2) is 0 Å². The van der Waals surface area contributed by atoms with Gasteiger partial charge in [-0.3, -0.25) is 0 Å². The van der Waals surface area contributed by atoms with Gasteiger partial charge >= 0.3 is 0 Å². The van der Waals surface area contributed by atoms with E-state index in [2.05, 4.69) is 19.1 Å². The molecule has 1 aliphatic rings. The normalized spacial score (nSPS) is 29.8. The summed E-state index contributed by atoms with van der Waals surface area (Å²) in [5.41, 5.74) is 0. The Morgan fingerprint density at radius 3 is 2.50 bits per heavy atom. The van der Waals surface area contributed by atoms with E-state index in [-0.39, 0.29) is 0 Å². The van der Waals surface area contributed by atoms with Crippen LogP contribution in [0, 0.1) is 5.92 Å². The minimum Gasteiger partial charge on any atom is -0.0877 e. The molecule has 0 aliphatic heterocycles. The SMILES string of the molecule is CC[C@@H]1C=CC1. The van der Waals surface area contributed by atoms with Gasteiger partial charge in [-0.15, -0.1) is 0 Å². The van der Waals surface area contributed by atoms with Gasteiger partial charge in [-0.25, -0.2) is 0 Å². The van der Waals surface area contributed by atoms with E-state index in [0.717, 1.165) is 5.92 Å². The van der Waals surface area contributed by atoms with Crippen LogP contribution in [0.3, 0.4) is 0 Å². The first-order valence-electron chi connectivity index (χ1n) is 2.60. The highest BCUT2D eigenvalue weighted by molar-refractivity contribution is 5.00. The molecule has 6 heavy (non-hydrogen) atoms. The predicted octanol–water partition coefficient (Wildman–Crippen LogP) is 1.97. The molecular formula is C6H10. The molecule has 0 radical (unpaired) electrons. The fraction of sp³-hybridized carbons (Fsp3) is 0.667. The third-order valence-electron chi connectivity index (χ3n) is 1.37. The van der Waals surface area contributed by atoms with Crippen molar-refractivity contribution in [3.63, 3.8) is 0 Å². The van der Waals surface area contributed by atoms with Crippen LogP contribution in [-0.2, 0) is 0 Å². The lowest BCUT2D eigenvalue weighted by Crippen LogP contribution is -1.98. The molecule has 0 heterocycles. The van der Waals surface area contributed by atoms with Crippen LogP contribution in [0.5, 0.6) is 0 Å². The van der Waals surface area contributed by atoms with Gasteiger partial charge in [0.25, 0.3) is 0 Å². The molecule has 0 aromatic carbocycles. The van der Waals surface area contributed by atoms with E-state index in [4.69, 9.17) is 0 Å². The lowest BCUT2D eigenvalue weighted by Gasteiger charge is -2.13. The van der Waals surface area contributed by atoms with Crippen LogP contribution in [0.1, 0.15) is 19.8 Å². The summed E-state index contributed by atoms with van der Waals surface area (Å²) >= 11 is 0. The highest BCUT2D eigenvalue weighted by atomic mass is 14.1. The van der Waals surface area contributed by atoms with Crippen molar-refractivity contribution in [1.29, 1.82) is 0 Å². The summed E-state index contributed by atoms with van der Waals surface area (Å²) < 4.78 is 0. The average molecular weight is 82.1 g/mol. The molecule has 0 N–H and O–H groups in total. The van der Waals surface area contributed by atoms with Crippen molar-refractivity contribution < 1.29 is 0 Å². The van der Waals surface area contributed by atoms with E-state index < -0.39 is 0 Å². The minimum absolute atomic E-state index is 0.935. The van der Waals surface area contributed by atoms with Crippen molar-refractivity contribution in [3.8, 4) is 0 Å². The largest absolute Gasteiger partial charge is 0.0877 e. The van der Waals surface area contributed by atoms with Gasteiger partial charge < -0.3 is 0 Å². The number of rotatable bonds is 1. The molecule has 1 rings (SSSR count). The van der Waals surface area contributed by atoms with E-state index in [0.29, 0.717) is 0 Å². The van der Waals surface area contributed by atoms with Crippen LogP contribution in [0.4, 0.5) is 0 Å². The molecule has 0 spiro atoms. The Balaban J connectivity index is 2.21. The first-order chi connectivity index (χ1) is 2.93. The first kappa shape index (κ1) is 3.91. The van der Waals surface area contributed by atoms with Crippen molar-refractivity contribution in [1.82, 2.24) is 0 Å². The summed E-state index contributed by atoms with van der Waals surface area (Å²) in [6, 6.07) is 0. The monoisotopic (exact) mass is 82.1 g/mol. The summed E-state index contributed by atoms with van der Waals surface area (Å²) in [5, 5.41) is 0. The van der Waals surface area contributed by atoms with Crippen LogP contribution in [0.2, 0.25) is 0 Å². The summed E-state index contributed by atoms with van der Waals surface area (Å²) in [7, 11) is 0. The van der Waals surface area contributed by atoms with Crippen LogP contribution < -0.4 is 0 Å². The second-order valence-corrected chi connectivity index (χ2v) is 1.83. The van der Waals surface area contributed by atoms with Crippen molar-refractivity contribution in [2.75, 3.05) is 0 Å². The van der Waals surface area contributed by atoms with Crippen LogP contribution in [0.15, 0.2) is 12.2 Å². The number of hydrogen-bond donors (Lipinski definition) is 0. The third-order valence-corrected chi connectivity index (χ3v) is 1.37. The van der Waals surface area contributed by atoms with E-state index in [9.17, 15) is 0 Å². The van der Waals surface area contributed by atoms with E-state index in [1.807, 2.05) is 0 Å². The molecule has 0 heteroatoms. The minimum atomic E-state index is 0.935. The molecule has 34 valence electrons. The lowest BCUT2D eigenvalue weighted by atomic mass is 9.93. The molecule has 0 aromatic heterocycles. The van der Waals surface area contributed by atoms with Gasteiger partial charge in [-0.1, -0.05) is 19.1 Å². The summed E-state index contributed by atoms with van der Waals surface area (Å²) in [4.78, 5) is 0. The van der Waals surface area contributed by atoms with Crippen molar-refractivity contribution in [2.24, 2.45) is 5.92 Å². The Kier molecular flexibility index (Phi) is 0.952. The smallest absolute Gasteiger partial charge is 0.0202 e. The van der Waals surface area contributed by atoms with Crippen molar-refractivity contribution in [2.45, 2.75) is 19.8 Å². The maximum atomic E-state index is 2.28. The second kappa shape index (κ2) is 1.46. The van der Waals surface area contributed by atoms with E-state index >= 15 is 0 Å². The van der Waals surface area contributed by atoms with E-state index in [1.54, 1.807) is 0 Å². The molecule has 0 bridgehead atoms. The standard InChI is InChI=1S/C6H10/c1-2-6-4-3-5-6/h3-4,6H,2,5H2,1H3/t6-/m1/s1. The highest BCUT2D eigenvalue weighted by Crippen LogP contribution is 2.18. The average Bonchev–Trinajstić information content (AvgIpc) is 1.31. The maximum Gasteiger partial charge on any atom is -0.0202 e. The zero-order chi connectivity index (χ0) is 4.41. The van der Waals surface area contributed by atoms with Gasteiger partial charge in [-0.2, -0.15) is 0 Å². The Labute approximate surface area is 38.9 Å². The zero-order valence-corrected chi connectivity index (χ0v) is 4.15. The molecule has 0 fully saturated rings. The van der Waals surface area contributed by atoms with Gasteiger partial charge in [0.15, 0.2) is 0 Å². The topological polar surface area (TPSA) is 0 Å². The van der Waals surface area contributed by atoms with Gasteiger partial charge in [-0.05, 0) is 18.8 Å². The molecule has 0 nitrogen and oxygen atoms in total. The molecule has 0 saturated carbocycles. The molecule has 0 amide bonds. The first-order valence-corrected chi connectivity index (χ1v) is 2.60. The fourth-order valence-corrected chi connectivity index (χ4v) is 0.631. The predicted molar refractivity (Wildman–Crippen MR) is 27.5 cm³/mol.